The number of hydrogen-bond acceptors (Lipinski definition) is 4. The van der Waals surface area contributed by atoms with Crippen LogP contribution < -0.4 is 21.3 Å². The van der Waals surface area contributed by atoms with Crippen LogP contribution in [0.5, 0.6) is 0 Å². The number of carbonyl (C=O) groups is 3. The number of rotatable bonds is 2. The maximum atomic E-state index is 13.0. The maximum absolute atomic E-state index is 13.0. The van der Waals surface area contributed by atoms with Gasteiger partial charge in [0.25, 0.3) is 11.8 Å². The van der Waals surface area contributed by atoms with Crippen LogP contribution in [-0.4, -0.2) is 24.4 Å². The number of benzene rings is 2. The Bertz CT molecular complexity index is 954. The molecule has 1 fully saturated rings. The molecule has 7 nitrogen and oxygen atoms in total. The second-order valence-electron chi connectivity index (χ2n) is 7.02. The molecule has 2 aromatic rings. The Hall–Kier alpha value is -3.35. The van der Waals surface area contributed by atoms with Crippen molar-refractivity contribution in [2.45, 2.75) is 25.3 Å². The van der Waals surface area contributed by atoms with Gasteiger partial charge in [0.1, 0.15) is 5.54 Å². The van der Waals surface area contributed by atoms with Gasteiger partial charge in [-0.2, -0.15) is 0 Å². The van der Waals surface area contributed by atoms with Gasteiger partial charge in [-0.25, -0.2) is 4.79 Å². The molecule has 4 amide bonds. The van der Waals surface area contributed by atoms with E-state index in [1.807, 2.05) is 18.2 Å². The van der Waals surface area contributed by atoms with Crippen molar-refractivity contribution >= 4 is 29.2 Å². The monoisotopic (exact) mass is 364 g/mol. The van der Waals surface area contributed by atoms with Crippen LogP contribution in [0.3, 0.4) is 0 Å². The van der Waals surface area contributed by atoms with Gasteiger partial charge >= 0.3 is 6.03 Å². The lowest BCUT2D eigenvalue weighted by Crippen LogP contribution is -2.40. The van der Waals surface area contributed by atoms with Gasteiger partial charge in [-0.15, -0.1) is 0 Å². The minimum Gasteiger partial charge on any atom is -0.398 e. The summed E-state index contributed by atoms with van der Waals surface area (Å²) in [7, 11) is 0. The molecule has 4 N–H and O–H groups in total. The van der Waals surface area contributed by atoms with E-state index in [-0.39, 0.29) is 5.91 Å². The maximum Gasteiger partial charge on any atom is 0.322 e. The first-order valence-corrected chi connectivity index (χ1v) is 8.83. The zero-order valence-electron chi connectivity index (χ0n) is 14.9. The lowest BCUT2D eigenvalue weighted by atomic mass is 9.91. The number of nitrogens with one attached hydrogen (secondary N) is 2. The van der Waals surface area contributed by atoms with E-state index < -0.39 is 17.5 Å². The molecule has 1 atom stereocenters. The lowest BCUT2D eigenvalue weighted by molar-refractivity contribution is -0.123. The molecular weight excluding hydrogens is 344 g/mol. The molecular formula is C20H20N4O3. The van der Waals surface area contributed by atoms with Gasteiger partial charge in [-0.05, 0) is 55.2 Å². The molecule has 2 heterocycles. The fraction of sp³-hybridized carbons (Fsp3) is 0.250. The number of hydrogen-bond donors (Lipinski definition) is 3. The number of nitrogens with zero attached hydrogens (tertiary/aromatic N) is 1. The second-order valence-corrected chi connectivity index (χ2v) is 7.02. The fourth-order valence-electron chi connectivity index (χ4n) is 3.71. The summed E-state index contributed by atoms with van der Waals surface area (Å²) in [4.78, 5) is 38.3. The SMILES string of the molecule is CC1(c2ccc(C(=O)N3CCCc4c(N)cccc43)cc2)NC(=O)NC1=O. The Morgan fingerprint density at radius 3 is 2.56 bits per heavy atom. The van der Waals surface area contributed by atoms with E-state index in [1.54, 1.807) is 36.1 Å². The molecule has 0 bridgehead atoms. The van der Waals surface area contributed by atoms with Crippen LogP contribution in [-0.2, 0) is 16.8 Å². The highest BCUT2D eigenvalue weighted by molar-refractivity contribution is 6.08. The molecule has 0 radical (unpaired) electrons. The number of anilines is 2. The average Bonchev–Trinajstić information content (AvgIpc) is 2.94. The molecule has 1 saturated heterocycles. The number of nitrogens with two attached hydrogens (primary N) is 1. The Balaban J connectivity index is 1.62. The van der Waals surface area contributed by atoms with Gasteiger partial charge < -0.3 is 16.0 Å². The average molecular weight is 364 g/mol. The molecule has 0 aliphatic carbocycles. The van der Waals surface area contributed by atoms with Crippen molar-refractivity contribution in [1.29, 1.82) is 0 Å². The zero-order chi connectivity index (χ0) is 19.2. The number of urea groups is 1. The predicted octanol–water partition coefficient (Wildman–Crippen LogP) is 1.92. The van der Waals surface area contributed by atoms with Gasteiger partial charge in [-0.1, -0.05) is 18.2 Å². The van der Waals surface area contributed by atoms with E-state index >= 15 is 0 Å². The summed E-state index contributed by atoms with van der Waals surface area (Å²) < 4.78 is 0. The highest BCUT2D eigenvalue weighted by atomic mass is 16.2. The van der Waals surface area contributed by atoms with Crippen molar-refractivity contribution in [3.63, 3.8) is 0 Å². The van der Waals surface area contributed by atoms with Crippen LogP contribution in [0.15, 0.2) is 42.5 Å². The normalized spacial score (nSPS) is 21.4. The minimum absolute atomic E-state index is 0.113. The fourth-order valence-corrected chi connectivity index (χ4v) is 3.71. The van der Waals surface area contributed by atoms with E-state index in [9.17, 15) is 14.4 Å². The molecule has 0 saturated carbocycles. The highest BCUT2D eigenvalue weighted by Crippen LogP contribution is 2.32. The second kappa shape index (κ2) is 6.12. The van der Waals surface area contributed by atoms with Crippen molar-refractivity contribution in [3.8, 4) is 0 Å². The van der Waals surface area contributed by atoms with Gasteiger partial charge in [0, 0.05) is 23.5 Å². The van der Waals surface area contributed by atoms with E-state index in [2.05, 4.69) is 10.6 Å². The Morgan fingerprint density at radius 2 is 1.89 bits per heavy atom. The number of carbonyl (C=O) groups excluding carboxylic acids is 3. The van der Waals surface area contributed by atoms with E-state index in [4.69, 9.17) is 5.73 Å². The molecule has 4 rings (SSSR count). The molecule has 7 heteroatoms. The zero-order valence-corrected chi connectivity index (χ0v) is 14.9. The summed E-state index contributed by atoms with van der Waals surface area (Å²) in [5.41, 5.74) is 8.62. The Kier molecular flexibility index (Phi) is 3.87. The lowest BCUT2D eigenvalue weighted by Gasteiger charge is -2.30. The first-order valence-electron chi connectivity index (χ1n) is 8.83. The van der Waals surface area contributed by atoms with E-state index in [0.717, 1.165) is 24.1 Å². The predicted molar refractivity (Wildman–Crippen MR) is 101 cm³/mol. The van der Waals surface area contributed by atoms with Crippen molar-refractivity contribution in [1.82, 2.24) is 10.6 Å². The first-order chi connectivity index (χ1) is 12.9. The van der Waals surface area contributed by atoms with Gasteiger partial charge in [-0.3, -0.25) is 14.9 Å². The quantitative estimate of drug-likeness (QED) is 0.559. The van der Waals surface area contributed by atoms with Crippen LogP contribution >= 0.6 is 0 Å². The van der Waals surface area contributed by atoms with E-state index in [0.29, 0.717) is 23.4 Å². The number of fused-ring (bicyclic) bond motifs is 1. The Morgan fingerprint density at radius 1 is 1.15 bits per heavy atom. The number of amides is 4. The molecule has 1 unspecified atom stereocenters. The molecule has 2 aromatic carbocycles. The summed E-state index contributed by atoms with van der Waals surface area (Å²) in [6.45, 7) is 2.26. The van der Waals surface area contributed by atoms with Gasteiger partial charge in [0.2, 0.25) is 0 Å². The van der Waals surface area contributed by atoms with Crippen LogP contribution in [0.1, 0.15) is 34.8 Å². The number of nitrogen functional groups attached to an aromatic ring is 1. The summed E-state index contributed by atoms with van der Waals surface area (Å²) in [6, 6.07) is 11.9. The largest absolute Gasteiger partial charge is 0.398 e. The smallest absolute Gasteiger partial charge is 0.322 e. The van der Waals surface area contributed by atoms with Crippen molar-refractivity contribution in [2.24, 2.45) is 0 Å². The Labute approximate surface area is 156 Å². The van der Waals surface area contributed by atoms with Crippen molar-refractivity contribution < 1.29 is 14.4 Å². The third-order valence-electron chi connectivity index (χ3n) is 5.29. The topological polar surface area (TPSA) is 105 Å². The minimum atomic E-state index is -1.13. The van der Waals surface area contributed by atoms with Gasteiger partial charge in [0.05, 0.1) is 0 Å². The summed E-state index contributed by atoms with van der Waals surface area (Å²) in [5, 5.41) is 4.85. The first kappa shape index (κ1) is 17.1. The molecule has 27 heavy (non-hydrogen) atoms. The molecule has 138 valence electrons. The summed E-state index contributed by atoms with van der Waals surface area (Å²) in [5.74, 6) is -0.523. The van der Waals surface area contributed by atoms with Crippen molar-refractivity contribution in [3.05, 3.63) is 59.2 Å². The standard InChI is InChI=1S/C20H20N4O3/c1-20(18(26)22-19(27)23-20)13-9-7-12(8-10-13)17(25)24-11-3-4-14-15(21)5-2-6-16(14)24/h2,5-10H,3-4,11,21H2,1H3,(H2,22,23,26,27). The van der Waals surface area contributed by atoms with E-state index in [1.165, 1.54) is 0 Å². The van der Waals surface area contributed by atoms with Crippen LogP contribution in [0.4, 0.5) is 16.2 Å². The molecule has 0 spiro atoms. The third-order valence-corrected chi connectivity index (χ3v) is 5.29. The number of imide groups is 1. The summed E-state index contributed by atoms with van der Waals surface area (Å²) >= 11 is 0. The van der Waals surface area contributed by atoms with Gasteiger partial charge in [0.15, 0.2) is 0 Å². The highest BCUT2D eigenvalue weighted by Gasteiger charge is 2.43. The molecule has 2 aliphatic heterocycles. The molecule has 0 aromatic heterocycles. The van der Waals surface area contributed by atoms with Crippen LogP contribution in [0.2, 0.25) is 0 Å². The molecule has 2 aliphatic rings. The third kappa shape index (κ3) is 2.71. The van der Waals surface area contributed by atoms with Crippen molar-refractivity contribution in [2.75, 3.05) is 17.2 Å². The summed E-state index contributed by atoms with van der Waals surface area (Å²) in [6.07, 6.45) is 1.72. The van der Waals surface area contributed by atoms with Crippen LogP contribution in [0, 0.1) is 0 Å². The van der Waals surface area contributed by atoms with Crippen LogP contribution in [0.25, 0.3) is 0 Å².